The fourth-order valence-corrected chi connectivity index (χ4v) is 3.03. The van der Waals surface area contributed by atoms with E-state index < -0.39 is 11.9 Å². The molecule has 8 heteroatoms. The van der Waals surface area contributed by atoms with E-state index >= 15 is 0 Å². The predicted octanol–water partition coefficient (Wildman–Crippen LogP) is 1.58. The van der Waals surface area contributed by atoms with E-state index in [4.69, 9.17) is 5.11 Å². The molecule has 8 nitrogen and oxygen atoms in total. The zero-order chi connectivity index (χ0) is 18.8. The molecule has 2 heterocycles. The van der Waals surface area contributed by atoms with Crippen LogP contribution in [0.25, 0.3) is 0 Å². The van der Waals surface area contributed by atoms with Gasteiger partial charge in [-0.2, -0.15) is 5.10 Å². The van der Waals surface area contributed by atoms with Crippen LogP contribution in [0.4, 0.5) is 11.5 Å². The highest BCUT2D eigenvalue weighted by molar-refractivity contribution is 6.03. The van der Waals surface area contributed by atoms with Crippen molar-refractivity contribution in [2.45, 2.75) is 26.8 Å². The molecule has 0 bridgehead atoms. The van der Waals surface area contributed by atoms with E-state index in [1.807, 2.05) is 32.0 Å². The first-order valence-electron chi connectivity index (χ1n) is 8.28. The predicted molar refractivity (Wildman–Crippen MR) is 94.9 cm³/mol. The number of hydrogen-bond acceptors (Lipinski definition) is 4. The number of carbonyl (C=O) groups is 3. The molecule has 1 aromatic carbocycles. The molecule has 26 heavy (non-hydrogen) atoms. The van der Waals surface area contributed by atoms with E-state index in [0.717, 1.165) is 16.8 Å². The summed E-state index contributed by atoms with van der Waals surface area (Å²) in [6, 6.07) is 7.29. The molecular weight excluding hydrogens is 336 g/mol. The van der Waals surface area contributed by atoms with E-state index in [9.17, 15) is 14.4 Å². The lowest BCUT2D eigenvalue weighted by atomic mass is 10.1. The van der Waals surface area contributed by atoms with Crippen molar-refractivity contribution in [3.8, 4) is 0 Å². The minimum absolute atomic E-state index is 0.0877. The molecular formula is C18H20N4O4. The number of aromatic nitrogens is 2. The third kappa shape index (κ3) is 3.58. The van der Waals surface area contributed by atoms with Crippen LogP contribution in [0.5, 0.6) is 0 Å². The topological polar surface area (TPSA) is 105 Å². The van der Waals surface area contributed by atoms with Crippen LogP contribution in [0, 0.1) is 19.8 Å². The fraction of sp³-hybridized carbons (Fsp3) is 0.333. The number of hydrogen-bond donors (Lipinski definition) is 2. The monoisotopic (exact) mass is 356 g/mol. The minimum atomic E-state index is -1.02. The quantitative estimate of drug-likeness (QED) is 0.846. The van der Waals surface area contributed by atoms with Gasteiger partial charge in [-0.05, 0) is 31.0 Å². The second kappa shape index (κ2) is 6.99. The van der Waals surface area contributed by atoms with Crippen molar-refractivity contribution in [2.75, 3.05) is 16.8 Å². The van der Waals surface area contributed by atoms with Gasteiger partial charge in [0.2, 0.25) is 11.8 Å². The molecule has 1 atom stereocenters. The van der Waals surface area contributed by atoms with Crippen molar-refractivity contribution >= 4 is 29.3 Å². The van der Waals surface area contributed by atoms with Crippen molar-refractivity contribution in [3.63, 3.8) is 0 Å². The highest BCUT2D eigenvalue weighted by Gasteiger charge is 2.36. The maximum Gasteiger partial charge on any atom is 0.325 e. The molecule has 1 fully saturated rings. The average Bonchev–Trinajstić information content (AvgIpc) is 3.16. The Hall–Kier alpha value is -3.16. The third-order valence-electron chi connectivity index (χ3n) is 4.55. The van der Waals surface area contributed by atoms with Crippen molar-refractivity contribution in [1.82, 2.24) is 9.78 Å². The first kappa shape index (κ1) is 17.7. The Balaban J connectivity index is 1.68. The van der Waals surface area contributed by atoms with Crippen LogP contribution in [0.2, 0.25) is 0 Å². The number of nitrogens with zero attached hydrogens (tertiary/aromatic N) is 3. The minimum Gasteiger partial charge on any atom is -0.480 e. The Morgan fingerprint density at radius 3 is 2.81 bits per heavy atom. The van der Waals surface area contributed by atoms with Gasteiger partial charge in [-0.3, -0.25) is 19.1 Å². The van der Waals surface area contributed by atoms with Crippen LogP contribution in [0.1, 0.15) is 17.5 Å². The summed E-state index contributed by atoms with van der Waals surface area (Å²) < 4.78 is 1.22. The molecule has 136 valence electrons. The lowest BCUT2D eigenvalue weighted by molar-refractivity contribution is -0.137. The van der Waals surface area contributed by atoms with Crippen molar-refractivity contribution < 1.29 is 19.5 Å². The van der Waals surface area contributed by atoms with E-state index in [1.165, 1.54) is 16.9 Å². The lowest BCUT2D eigenvalue weighted by Gasteiger charge is -2.20. The number of aliphatic carboxylic acids is 1. The van der Waals surface area contributed by atoms with Crippen LogP contribution < -0.4 is 10.2 Å². The largest absolute Gasteiger partial charge is 0.480 e. The number of amides is 2. The molecule has 2 N–H and O–H groups in total. The number of anilines is 2. The maximum atomic E-state index is 12.5. The normalized spacial score (nSPS) is 16.8. The van der Waals surface area contributed by atoms with Gasteiger partial charge in [0.05, 0.1) is 5.92 Å². The summed E-state index contributed by atoms with van der Waals surface area (Å²) in [4.78, 5) is 37.2. The Labute approximate surface area is 150 Å². The lowest BCUT2D eigenvalue weighted by Crippen LogP contribution is -2.28. The number of aryl methyl sites for hydroxylation is 1. The van der Waals surface area contributed by atoms with Crippen molar-refractivity contribution in [2.24, 2.45) is 5.92 Å². The number of carbonyl (C=O) groups excluding carboxylic acids is 2. The van der Waals surface area contributed by atoms with Crippen LogP contribution in [-0.2, 0) is 20.9 Å². The average molecular weight is 356 g/mol. The highest BCUT2D eigenvalue weighted by Crippen LogP contribution is 2.29. The molecule has 1 aliphatic heterocycles. The van der Waals surface area contributed by atoms with Gasteiger partial charge in [-0.1, -0.05) is 12.1 Å². The molecule has 1 aromatic heterocycles. The first-order chi connectivity index (χ1) is 12.3. The van der Waals surface area contributed by atoms with Gasteiger partial charge in [-0.15, -0.1) is 0 Å². The first-order valence-corrected chi connectivity index (χ1v) is 8.28. The van der Waals surface area contributed by atoms with Gasteiger partial charge >= 0.3 is 5.97 Å². The van der Waals surface area contributed by atoms with Crippen LogP contribution in [0.3, 0.4) is 0 Å². The Morgan fingerprint density at radius 2 is 2.08 bits per heavy atom. The van der Waals surface area contributed by atoms with E-state index in [-0.39, 0.29) is 30.6 Å². The summed E-state index contributed by atoms with van der Waals surface area (Å²) in [6.07, 6.45) is 1.61. The molecule has 1 saturated heterocycles. The standard InChI is InChI=1S/C18H20N4O4/c1-11-4-3-5-14(12(11)2)22-9-13(8-16(22)23)18(26)19-15-6-7-21(20-15)10-17(24)25/h3-7,13H,8-10H2,1-2H3,(H,24,25)(H,19,20,26). The summed E-state index contributed by atoms with van der Waals surface area (Å²) in [6.45, 7) is 3.97. The Kier molecular flexibility index (Phi) is 4.75. The van der Waals surface area contributed by atoms with Crippen molar-refractivity contribution in [1.29, 1.82) is 0 Å². The van der Waals surface area contributed by atoms with Gasteiger partial charge in [-0.25, -0.2) is 0 Å². The summed E-state index contributed by atoms with van der Waals surface area (Å²) in [5.41, 5.74) is 2.94. The SMILES string of the molecule is Cc1cccc(N2CC(C(=O)Nc3ccn(CC(=O)O)n3)CC2=O)c1C. The molecule has 2 aromatic rings. The maximum absolute atomic E-state index is 12.5. The van der Waals surface area contributed by atoms with E-state index in [2.05, 4.69) is 10.4 Å². The van der Waals surface area contributed by atoms with Gasteiger partial charge in [0.25, 0.3) is 0 Å². The number of rotatable bonds is 5. The van der Waals surface area contributed by atoms with Gasteiger partial charge in [0.15, 0.2) is 5.82 Å². The van der Waals surface area contributed by atoms with E-state index in [0.29, 0.717) is 6.54 Å². The molecule has 0 radical (unpaired) electrons. The fourth-order valence-electron chi connectivity index (χ4n) is 3.03. The number of carboxylic acids is 1. The summed E-state index contributed by atoms with van der Waals surface area (Å²) in [5.74, 6) is -1.61. The zero-order valence-electron chi connectivity index (χ0n) is 14.6. The highest BCUT2D eigenvalue weighted by atomic mass is 16.4. The van der Waals surface area contributed by atoms with Gasteiger partial charge < -0.3 is 15.3 Å². The second-order valence-corrected chi connectivity index (χ2v) is 6.41. The van der Waals surface area contributed by atoms with Crippen LogP contribution in [0.15, 0.2) is 30.5 Å². The van der Waals surface area contributed by atoms with Gasteiger partial charge in [0.1, 0.15) is 6.54 Å². The molecule has 1 aliphatic rings. The second-order valence-electron chi connectivity index (χ2n) is 6.41. The summed E-state index contributed by atoms with van der Waals surface area (Å²) in [7, 11) is 0. The molecule has 1 unspecified atom stereocenters. The van der Waals surface area contributed by atoms with Gasteiger partial charge in [0, 0.05) is 30.9 Å². The number of nitrogens with one attached hydrogen (secondary N) is 1. The molecule has 2 amide bonds. The number of benzene rings is 1. The van der Waals surface area contributed by atoms with Crippen molar-refractivity contribution in [3.05, 3.63) is 41.6 Å². The molecule has 3 rings (SSSR count). The molecule has 0 aliphatic carbocycles. The summed E-state index contributed by atoms with van der Waals surface area (Å²) in [5, 5.41) is 15.4. The van der Waals surface area contributed by atoms with Crippen LogP contribution in [-0.4, -0.2) is 39.2 Å². The summed E-state index contributed by atoms with van der Waals surface area (Å²) >= 11 is 0. The zero-order valence-corrected chi connectivity index (χ0v) is 14.6. The Bertz CT molecular complexity index is 874. The molecule has 0 saturated carbocycles. The number of carboxylic acid groups (broad SMARTS) is 1. The molecule has 0 spiro atoms. The van der Waals surface area contributed by atoms with E-state index in [1.54, 1.807) is 4.90 Å². The smallest absolute Gasteiger partial charge is 0.325 e. The Morgan fingerprint density at radius 1 is 1.31 bits per heavy atom. The van der Waals surface area contributed by atoms with Crippen LogP contribution >= 0.6 is 0 Å². The third-order valence-corrected chi connectivity index (χ3v) is 4.55.